The molecular formula is C21H22N2O4. The summed E-state index contributed by atoms with van der Waals surface area (Å²) in [6, 6.07) is 13.4. The Balaban J connectivity index is 2.09. The van der Waals surface area contributed by atoms with Gasteiger partial charge in [0.1, 0.15) is 0 Å². The van der Waals surface area contributed by atoms with Gasteiger partial charge in [-0.05, 0) is 43.3 Å². The fourth-order valence-corrected chi connectivity index (χ4v) is 2.32. The second-order valence-corrected chi connectivity index (χ2v) is 6.32. The summed E-state index contributed by atoms with van der Waals surface area (Å²) in [4.78, 5) is 24.3. The van der Waals surface area contributed by atoms with Gasteiger partial charge in [-0.3, -0.25) is 9.59 Å². The molecule has 0 saturated heterocycles. The number of nitrogens with zero attached hydrogens (tertiary/aromatic N) is 1. The van der Waals surface area contributed by atoms with Crippen molar-refractivity contribution in [3.05, 3.63) is 53.6 Å². The van der Waals surface area contributed by atoms with E-state index in [-0.39, 0.29) is 17.6 Å². The fraction of sp³-hybridized carbons (Fsp3) is 0.286. The first-order valence-electron chi connectivity index (χ1n) is 8.55. The molecule has 0 aliphatic heterocycles. The van der Waals surface area contributed by atoms with Gasteiger partial charge in [-0.25, -0.2) is 0 Å². The molecule has 1 N–H and O–H groups in total. The van der Waals surface area contributed by atoms with Gasteiger partial charge in [0.2, 0.25) is 11.7 Å². The van der Waals surface area contributed by atoms with Crippen LogP contribution >= 0.6 is 0 Å². The lowest BCUT2D eigenvalue weighted by atomic mass is 10.1. The molecule has 2 aromatic carbocycles. The molecular weight excluding hydrogens is 344 g/mol. The minimum Gasteiger partial charge on any atom is -0.493 e. The SMILES string of the molecule is COc1cc(C#N)ccc1OC(C)C(=O)c1ccc(NC(=O)C(C)C)cc1. The number of ketones is 1. The van der Waals surface area contributed by atoms with Gasteiger partial charge in [-0.1, -0.05) is 13.8 Å². The number of carbonyl (C=O) groups excluding carboxylic acids is 2. The number of rotatable bonds is 7. The number of Topliss-reactive ketones (excluding diaryl/α,β-unsaturated/α-hetero) is 1. The highest BCUT2D eigenvalue weighted by molar-refractivity contribution is 6.00. The topological polar surface area (TPSA) is 88.4 Å². The number of hydrogen-bond acceptors (Lipinski definition) is 5. The predicted octanol–water partition coefficient (Wildman–Crippen LogP) is 3.81. The zero-order valence-corrected chi connectivity index (χ0v) is 15.8. The van der Waals surface area contributed by atoms with Gasteiger partial charge in [-0.2, -0.15) is 5.26 Å². The van der Waals surface area contributed by atoms with E-state index < -0.39 is 6.10 Å². The third-order valence-corrected chi connectivity index (χ3v) is 3.93. The molecule has 140 valence electrons. The van der Waals surface area contributed by atoms with E-state index in [1.54, 1.807) is 49.4 Å². The number of benzene rings is 2. The van der Waals surface area contributed by atoms with Gasteiger partial charge < -0.3 is 14.8 Å². The number of amides is 1. The van der Waals surface area contributed by atoms with Crippen molar-refractivity contribution in [1.29, 1.82) is 5.26 Å². The monoisotopic (exact) mass is 366 g/mol. The summed E-state index contributed by atoms with van der Waals surface area (Å²) in [5.41, 5.74) is 1.54. The molecule has 0 bridgehead atoms. The summed E-state index contributed by atoms with van der Waals surface area (Å²) in [5.74, 6) is 0.364. The largest absolute Gasteiger partial charge is 0.493 e. The molecule has 0 aliphatic rings. The van der Waals surface area contributed by atoms with Crippen LogP contribution < -0.4 is 14.8 Å². The Labute approximate surface area is 158 Å². The lowest BCUT2D eigenvalue weighted by molar-refractivity contribution is -0.118. The summed E-state index contributed by atoms with van der Waals surface area (Å²) in [7, 11) is 1.47. The van der Waals surface area contributed by atoms with Crippen molar-refractivity contribution in [2.75, 3.05) is 12.4 Å². The normalized spacial score (nSPS) is 11.4. The Morgan fingerprint density at radius 2 is 1.70 bits per heavy atom. The van der Waals surface area contributed by atoms with Gasteiger partial charge in [0.25, 0.3) is 0 Å². The van der Waals surface area contributed by atoms with E-state index in [0.29, 0.717) is 28.3 Å². The molecule has 0 heterocycles. The van der Waals surface area contributed by atoms with Gasteiger partial charge >= 0.3 is 0 Å². The fourth-order valence-electron chi connectivity index (χ4n) is 2.32. The van der Waals surface area contributed by atoms with Crippen LogP contribution in [-0.4, -0.2) is 24.9 Å². The van der Waals surface area contributed by atoms with Crippen molar-refractivity contribution in [1.82, 2.24) is 0 Å². The van der Waals surface area contributed by atoms with Crippen molar-refractivity contribution < 1.29 is 19.1 Å². The maximum atomic E-state index is 12.6. The minimum atomic E-state index is -0.747. The molecule has 1 atom stereocenters. The zero-order chi connectivity index (χ0) is 20.0. The number of hydrogen-bond donors (Lipinski definition) is 1. The Kier molecular flexibility index (Phi) is 6.56. The van der Waals surface area contributed by atoms with Gasteiger partial charge in [0.15, 0.2) is 17.6 Å². The van der Waals surface area contributed by atoms with Crippen LogP contribution in [0.2, 0.25) is 0 Å². The molecule has 1 unspecified atom stereocenters. The highest BCUT2D eigenvalue weighted by atomic mass is 16.5. The number of carbonyl (C=O) groups is 2. The van der Waals surface area contributed by atoms with Crippen LogP contribution in [0.15, 0.2) is 42.5 Å². The molecule has 0 aromatic heterocycles. The second kappa shape index (κ2) is 8.86. The molecule has 2 aromatic rings. The Morgan fingerprint density at radius 1 is 1.04 bits per heavy atom. The van der Waals surface area contributed by atoms with Crippen LogP contribution in [0.4, 0.5) is 5.69 Å². The molecule has 0 aliphatic carbocycles. The second-order valence-electron chi connectivity index (χ2n) is 6.32. The number of anilines is 1. The van der Waals surface area contributed by atoms with Crippen LogP contribution in [-0.2, 0) is 4.79 Å². The average Bonchev–Trinajstić information content (AvgIpc) is 2.68. The van der Waals surface area contributed by atoms with Crippen LogP contribution in [0.3, 0.4) is 0 Å². The maximum absolute atomic E-state index is 12.6. The molecule has 0 fully saturated rings. The van der Waals surface area contributed by atoms with Crippen LogP contribution in [0, 0.1) is 17.2 Å². The quantitative estimate of drug-likeness (QED) is 0.753. The summed E-state index contributed by atoms with van der Waals surface area (Å²) in [6.45, 7) is 5.27. The molecule has 1 amide bonds. The zero-order valence-electron chi connectivity index (χ0n) is 15.8. The standard InChI is InChI=1S/C21H22N2O4/c1-13(2)21(25)23-17-8-6-16(7-9-17)20(24)14(3)27-18-10-5-15(12-22)11-19(18)26-4/h5-11,13-14H,1-4H3,(H,23,25). The van der Waals surface area contributed by atoms with Crippen molar-refractivity contribution >= 4 is 17.4 Å². The minimum absolute atomic E-state index is 0.0845. The average molecular weight is 366 g/mol. The number of nitriles is 1. The molecule has 0 radical (unpaired) electrons. The lowest BCUT2D eigenvalue weighted by Crippen LogP contribution is -2.24. The Bertz CT molecular complexity index is 867. The molecule has 2 rings (SSSR count). The number of ether oxygens (including phenoxy) is 2. The van der Waals surface area contributed by atoms with E-state index in [9.17, 15) is 9.59 Å². The highest BCUT2D eigenvalue weighted by Crippen LogP contribution is 2.29. The number of nitrogens with one attached hydrogen (secondary N) is 1. The predicted molar refractivity (Wildman–Crippen MR) is 102 cm³/mol. The summed E-state index contributed by atoms with van der Waals surface area (Å²) >= 11 is 0. The van der Waals surface area contributed by atoms with E-state index in [2.05, 4.69) is 5.32 Å². The Hall–Kier alpha value is -3.33. The number of methoxy groups -OCH3 is 1. The van der Waals surface area contributed by atoms with E-state index in [1.165, 1.54) is 7.11 Å². The lowest BCUT2D eigenvalue weighted by Gasteiger charge is -2.16. The third kappa shape index (κ3) is 5.08. The van der Waals surface area contributed by atoms with E-state index in [1.807, 2.05) is 19.9 Å². The Morgan fingerprint density at radius 3 is 2.26 bits per heavy atom. The highest BCUT2D eigenvalue weighted by Gasteiger charge is 2.19. The maximum Gasteiger partial charge on any atom is 0.226 e. The first kappa shape index (κ1) is 20.0. The summed E-state index contributed by atoms with van der Waals surface area (Å²) in [6.07, 6.45) is -0.747. The van der Waals surface area contributed by atoms with Crippen molar-refractivity contribution in [2.24, 2.45) is 5.92 Å². The van der Waals surface area contributed by atoms with Crippen molar-refractivity contribution in [3.8, 4) is 17.6 Å². The summed E-state index contributed by atoms with van der Waals surface area (Å²) < 4.78 is 10.9. The van der Waals surface area contributed by atoms with Crippen molar-refractivity contribution in [2.45, 2.75) is 26.9 Å². The summed E-state index contributed by atoms with van der Waals surface area (Å²) in [5, 5.41) is 11.7. The van der Waals surface area contributed by atoms with Crippen LogP contribution in [0.5, 0.6) is 11.5 Å². The van der Waals surface area contributed by atoms with Gasteiger partial charge in [0, 0.05) is 23.2 Å². The van der Waals surface area contributed by atoms with Crippen LogP contribution in [0.25, 0.3) is 0 Å². The van der Waals surface area contributed by atoms with E-state index in [4.69, 9.17) is 14.7 Å². The van der Waals surface area contributed by atoms with Gasteiger partial charge in [-0.15, -0.1) is 0 Å². The first-order valence-corrected chi connectivity index (χ1v) is 8.55. The smallest absolute Gasteiger partial charge is 0.226 e. The third-order valence-electron chi connectivity index (χ3n) is 3.93. The van der Waals surface area contributed by atoms with Crippen molar-refractivity contribution in [3.63, 3.8) is 0 Å². The van der Waals surface area contributed by atoms with Gasteiger partial charge in [0.05, 0.1) is 18.7 Å². The molecule has 6 heteroatoms. The van der Waals surface area contributed by atoms with Crippen LogP contribution in [0.1, 0.15) is 36.7 Å². The molecule has 27 heavy (non-hydrogen) atoms. The molecule has 0 saturated carbocycles. The van der Waals surface area contributed by atoms with E-state index >= 15 is 0 Å². The first-order chi connectivity index (χ1) is 12.8. The van der Waals surface area contributed by atoms with E-state index in [0.717, 1.165) is 0 Å². The molecule has 6 nitrogen and oxygen atoms in total. The molecule has 0 spiro atoms.